The van der Waals surface area contributed by atoms with E-state index in [1.54, 1.807) is 21.3 Å². The zero-order chi connectivity index (χ0) is 22.9. The summed E-state index contributed by atoms with van der Waals surface area (Å²) in [7, 11) is 6.27. The summed E-state index contributed by atoms with van der Waals surface area (Å²) in [6, 6.07) is 20.3. The molecule has 0 spiro atoms. The highest BCUT2D eigenvalue weighted by Crippen LogP contribution is 2.38. The maximum Gasteiger partial charge on any atom is 0.337 e. The lowest BCUT2D eigenvalue weighted by atomic mass is 9.99. The summed E-state index contributed by atoms with van der Waals surface area (Å²) in [5.41, 5.74) is 5.49. The lowest BCUT2D eigenvalue weighted by molar-refractivity contribution is 0.0600. The molecule has 0 aliphatic carbocycles. The minimum Gasteiger partial charge on any atom is -0.493 e. The van der Waals surface area contributed by atoms with Gasteiger partial charge in [0.25, 0.3) is 0 Å². The summed E-state index contributed by atoms with van der Waals surface area (Å²) in [5.74, 6) is 1.66. The van der Waals surface area contributed by atoms with Crippen LogP contribution in [0.4, 0.5) is 0 Å². The molecule has 3 aromatic carbocycles. The standard InChI is InChI=1S/C27H30O5/c1-29-24-17-22(18-25(30-2)26(24)31-3)12-11-20-7-5-19(6-8-20)9-10-21-13-15-23(16-14-21)27(28)32-4/h5-8,13-18H,9-12H2,1-4H3. The fraction of sp³-hybridized carbons (Fsp3) is 0.296. The lowest BCUT2D eigenvalue weighted by Gasteiger charge is -2.14. The molecule has 0 aliphatic heterocycles. The van der Waals surface area contributed by atoms with Crippen molar-refractivity contribution in [1.29, 1.82) is 0 Å². The maximum atomic E-state index is 11.5. The first-order chi connectivity index (χ1) is 15.6. The number of methoxy groups -OCH3 is 4. The number of benzene rings is 3. The van der Waals surface area contributed by atoms with E-state index in [0.29, 0.717) is 22.8 Å². The van der Waals surface area contributed by atoms with Crippen LogP contribution in [0.3, 0.4) is 0 Å². The summed E-state index contributed by atoms with van der Waals surface area (Å²) >= 11 is 0. The van der Waals surface area contributed by atoms with Crippen molar-refractivity contribution in [3.05, 3.63) is 88.5 Å². The Kier molecular flexibility index (Phi) is 8.14. The quantitative estimate of drug-likeness (QED) is 0.417. The van der Waals surface area contributed by atoms with Gasteiger partial charge in [-0.15, -0.1) is 0 Å². The molecule has 0 atom stereocenters. The Hall–Kier alpha value is -3.47. The second-order valence-corrected chi connectivity index (χ2v) is 7.54. The SMILES string of the molecule is COC(=O)c1ccc(CCc2ccc(CCc3cc(OC)c(OC)c(OC)c3)cc2)cc1. The zero-order valence-electron chi connectivity index (χ0n) is 19.1. The summed E-state index contributed by atoms with van der Waals surface area (Å²) in [5, 5.41) is 0. The monoisotopic (exact) mass is 434 g/mol. The van der Waals surface area contributed by atoms with E-state index in [1.165, 1.54) is 23.8 Å². The van der Waals surface area contributed by atoms with Crippen molar-refractivity contribution in [1.82, 2.24) is 0 Å². The molecule has 0 bridgehead atoms. The van der Waals surface area contributed by atoms with Crippen LogP contribution in [0.2, 0.25) is 0 Å². The molecule has 0 unspecified atom stereocenters. The van der Waals surface area contributed by atoms with Gasteiger partial charge in [-0.05, 0) is 72.2 Å². The molecule has 3 aromatic rings. The highest BCUT2D eigenvalue weighted by atomic mass is 16.5. The number of carbonyl (C=O) groups is 1. The van der Waals surface area contributed by atoms with Crippen LogP contribution >= 0.6 is 0 Å². The minimum absolute atomic E-state index is 0.307. The molecule has 0 N–H and O–H groups in total. The smallest absolute Gasteiger partial charge is 0.337 e. The van der Waals surface area contributed by atoms with Crippen LogP contribution < -0.4 is 14.2 Å². The first-order valence-corrected chi connectivity index (χ1v) is 10.6. The molecule has 0 heterocycles. The van der Waals surface area contributed by atoms with Gasteiger partial charge in [-0.25, -0.2) is 4.79 Å². The van der Waals surface area contributed by atoms with Crippen LogP contribution in [0.1, 0.15) is 32.6 Å². The van der Waals surface area contributed by atoms with Gasteiger partial charge in [0.2, 0.25) is 5.75 Å². The number of rotatable bonds is 10. The fourth-order valence-corrected chi connectivity index (χ4v) is 3.66. The van der Waals surface area contributed by atoms with Crippen molar-refractivity contribution in [2.75, 3.05) is 28.4 Å². The molecule has 0 aliphatic rings. The van der Waals surface area contributed by atoms with Gasteiger partial charge in [0.1, 0.15) is 0 Å². The van der Waals surface area contributed by atoms with E-state index in [1.807, 2.05) is 36.4 Å². The van der Waals surface area contributed by atoms with Gasteiger partial charge in [0, 0.05) is 0 Å². The topological polar surface area (TPSA) is 54.0 Å². The molecule has 0 saturated carbocycles. The molecule has 0 radical (unpaired) electrons. The lowest BCUT2D eigenvalue weighted by Crippen LogP contribution is -2.01. The molecule has 5 heteroatoms. The van der Waals surface area contributed by atoms with Gasteiger partial charge in [0.15, 0.2) is 11.5 Å². The summed E-state index contributed by atoms with van der Waals surface area (Å²) in [6.45, 7) is 0. The number of hydrogen-bond acceptors (Lipinski definition) is 5. The number of ether oxygens (including phenoxy) is 4. The maximum absolute atomic E-state index is 11.5. The van der Waals surface area contributed by atoms with Crippen molar-refractivity contribution >= 4 is 5.97 Å². The Balaban J connectivity index is 1.56. The molecule has 0 aromatic heterocycles. The van der Waals surface area contributed by atoms with E-state index < -0.39 is 0 Å². The van der Waals surface area contributed by atoms with Gasteiger partial charge in [-0.2, -0.15) is 0 Å². The number of carbonyl (C=O) groups excluding carboxylic acids is 1. The van der Waals surface area contributed by atoms with Gasteiger partial charge >= 0.3 is 5.97 Å². The summed E-state index contributed by atoms with van der Waals surface area (Å²) in [4.78, 5) is 11.5. The zero-order valence-corrected chi connectivity index (χ0v) is 19.1. The normalized spacial score (nSPS) is 10.5. The Labute approximate surface area is 189 Å². The van der Waals surface area contributed by atoms with Crippen LogP contribution in [0.15, 0.2) is 60.7 Å². The third-order valence-electron chi connectivity index (χ3n) is 5.53. The van der Waals surface area contributed by atoms with Crippen molar-refractivity contribution in [2.24, 2.45) is 0 Å². The molecular weight excluding hydrogens is 404 g/mol. The van der Waals surface area contributed by atoms with E-state index in [0.717, 1.165) is 31.2 Å². The second-order valence-electron chi connectivity index (χ2n) is 7.54. The van der Waals surface area contributed by atoms with Gasteiger partial charge in [-0.3, -0.25) is 0 Å². The van der Waals surface area contributed by atoms with Crippen LogP contribution in [-0.4, -0.2) is 34.4 Å². The van der Waals surface area contributed by atoms with Crippen molar-refractivity contribution in [2.45, 2.75) is 25.7 Å². The predicted octanol–water partition coefficient (Wildman–Crippen LogP) is 5.07. The highest BCUT2D eigenvalue weighted by Gasteiger charge is 2.13. The van der Waals surface area contributed by atoms with E-state index in [-0.39, 0.29) is 5.97 Å². The van der Waals surface area contributed by atoms with E-state index in [9.17, 15) is 4.79 Å². The van der Waals surface area contributed by atoms with Crippen molar-refractivity contribution in [3.63, 3.8) is 0 Å². The molecule has 32 heavy (non-hydrogen) atoms. The van der Waals surface area contributed by atoms with Crippen LogP contribution in [0, 0.1) is 0 Å². The molecule has 0 amide bonds. The largest absolute Gasteiger partial charge is 0.493 e. The Morgan fingerprint density at radius 2 is 1.00 bits per heavy atom. The first-order valence-electron chi connectivity index (χ1n) is 10.6. The third-order valence-corrected chi connectivity index (χ3v) is 5.53. The van der Waals surface area contributed by atoms with Crippen LogP contribution in [-0.2, 0) is 30.4 Å². The molecule has 0 saturated heterocycles. The Bertz CT molecular complexity index is 998. The fourth-order valence-electron chi connectivity index (χ4n) is 3.66. The van der Waals surface area contributed by atoms with Crippen molar-refractivity contribution < 1.29 is 23.7 Å². The molecule has 168 valence electrons. The molecule has 5 nitrogen and oxygen atoms in total. The van der Waals surface area contributed by atoms with Gasteiger partial charge < -0.3 is 18.9 Å². The number of esters is 1. The second kappa shape index (κ2) is 11.2. The first kappa shape index (κ1) is 23.2. The van der Waals surface area contributed by atoms with Crippen LogP contribution in [0.5, 0.6) is 17.2 Å². The van der Waals surface area contributed by atoms with Gasteiger partial charge in [-0.1, -0.05) is 36.4 Å². The van der Waals surface area contributed by atoms with E-state index in [4.69, 9.17) is 18.9 Å². The average Bonchev–Trinajstić information content (AvgIpc) is 2.85. The highest BCUT2D eigenvalue weighted by molar-refractivity contribution is 5.89. The predicted molar refractivity (Wildman–Crippen MR) is 125 cm³/mol. The third kappa shape index (κ3) is 5.82. The summed E-state index contributed by atoms with van der Waals surface area (Å²) < 4.78 is 21.0. The summed E-state index contributed by atoms with van der Waals surface area (Å²) in [6.07, 6.45) is 3.67. The Morgan fingerprint density at radius 1 is 0.594 bits per heavy atom. The van der Waals surface area contributed by atoms with Crippen LogP contribution in [0.25, 0.3) is 0 Å². The van der Waals surface area contributed by atoms with E-state index in [2.05, 4.69) is 24.3 Å². The van der Waals surface area contributed by atoms with Crippen molar-refractivity contribution in [3.8, 4) is 17.2 Å². The minimum atomic E-state index is -0.307. The molecule has 3 rings (SSSR count). The number of aryl methyl sites for hydroxylation is 4. The molecule has 0 fully saturated rings. The number of hydrogen-bond donors (Lipinski definition) is 0. The molecular formula is C27H30O5. The average molecular weight is 435 g/mol. The Morgan fingerprint density at radius 3 is 1.38 bits per heavy atom. The van der Waals surface area contributed by atoms with E-state index >= 15 is 0 Å². The van der Waals surface area contributed by atoms with Gasteiger partial charge in [0.05, 0.1) is 34.0 Å².